The Balaban J connectivity index is 1.51. The van der Waals surface area contributed by atoms with Gasteiger partial charge in [-0.05, 0) is 52.0 Å². The maximum atomic E-state index is 6.20. The first-order chi connectivity index (χ1) is 10.6. The molecule has 1 aromatic heterocycles. The van der Waals surface area contributed by atoms with Crippen LogP contribution >= 0.6 is 11.3 Å². The molecule has 1 heterocycles. The molecule has 0 unspecified atom stereocenters. The summed E-state index contributed by atoms with van der Waals surface area (Å²) in [5.41, 5.74) is 1.35. The van der Waals surface area contributed by atoms with E-state index >= 15 is 0 Å². The highest BCUT2D eigenvalue weighted by atomic mass is 32.1. The van der Waals surface area contributed by atoms with E-state index in [0.29, 0.717) is 12.1 Å². The molecule has 0 aliphatic heterocycles. The van der Waals surface area contributed by atoms with E-state index < -0.39 is 0 Å². The van der Waals surface area contributed by atoms with Crippen LogP contribution in [0.4, 0.5) is 0 Å². The second-order valence-corrected chi connectivity index (χ2v) is 8.34. The lowest BCUT2D eigenvalue weighted by molar-refractivity contribution is -0.0156. The Bertz CT molecular complexity index is 487. The molecule has 0 amide bonds. The lowest BCUT2D eigenvalue weighted by Gasteiger charge is -2.32. The van der Waals surface area contributed by atoms with Gasteiger partial charge in [-0.3, -0.25) is 4.90 Å². The van der Waals surface area contributed by atoms with Gasteiger partial charge >= 0.3 is 0 Å². The lowest BCUT2D eigenvalue weighted by Crippen LogP contribution is -2.33. The number of rotatable bonds is 5. The van der Waals surface area contributed by atoms with Crippen LogP contribution in [0.3, 0.4) is 0 Å². The minimum atomic E-state index is 0.495. The smallest absolute Gasteiger partial charge is 0.0900 e. The summed E-state index contributed by atoms with van der Waals surface area (Å²) in [5.74, 6) is 0.740. The Morgan fingerprint density at radius 1 is 1.23 bits per heavy atom. The van der Waals surface area contributed by atoms with Crippen molar-refractivity contribution in [3.05, 3.63) is 15.6 Å². The first-order valence-electron chi connectivity index (χ1n) is 8.93. The fourth-order valence-electron chi connectivity index (χ4n) is 3.97. The summed E-state index contributed by atoms with van der Waals surface area (Å²) in [6.07, 6.45) is 9.53. The van der Waals surface area contributed by atoms with Gasteiger partial charge in [-0.15, -0.1) is 11.3 Å². The number of ether oxygens (including phenoxy) is 1. The van der Waals surface area contributed by atoms with Gasteiger partial charge in [0.1, 0.15) is 0 Å². The molecule has 2 aliphatic rings. The molecule has 0 radical (unpaired) electrons. The fraction of sp³-hybridized carbons (Fsp3) is 0.833. The van der Waals surface area contributed by atoms with Gasteiger partial charge in [0.25, 0.3) is 0 Å². The third-order valence-electron chi connectivity index (χ3n) is 5.37. The molecule has 3 atom stereocenters. The SMILES string of the molecule is Cc1nc2c(s1)[C@H](N(C)CCO[C@H]1CCCC[C@H]1C)CCC2. The van der Waals surface area contributed by atoms with Gasteiger partial charge < -0.3 is 4.74 Å². The summed E-state index contributed by atoms with van der Waals surface area (Å²) in [5, 5.41) is 1.22. The summed E-state index contributed by atoms with van der Waals surface area (Å²) >= 11 is 1.89. The molecule has 3 nitrogen and oxygen atoms in total. The van der Waals surface area contributed by atoms with Crippen molar-refractivity contribution >= 4 is 11.3 Å². The van der Waals surface area contributed by atoms with Crippen molar-refractivity contribution in [2.24, 2.45) is 5.92 Å². The van der Waals surface area contributed by atoms with Crippen LogP contribution in [0, 0.1) is 12.8 Å². The summed E-state index contributed by atoms with van der Waals surface area (Å²) in [6, 6.07) is 0.558. The van der Waals surface area contributed by atoms with Gasteiger partial charge in [-0.2, -0.15) is 0 Å². The number of likely N-dealkylation sites (N-methyl/N-ethyl adjacent to an activating group) is 1. The zero-order valence-corrected chi connectivity index (χ0v) is 15.1. The number of hydrogen-bond acceptors (Lipinski definition) is 4. The second kappa shape index (κ2) is 7.41. The fourth-order valence-corrected chi connectivity index (χ4v) is 5.15. The first kappa shape index (κ1) is 16.4. The molecule has 1 saturated carbocycles. The van der Waals surface area contributed by atoms with Crippen LogP contribution < -0.4 is 0 Å². The summed E-state index contributed by atoms with van der Waals surface area (Å²) < 4.78 is 6.20. The molecule has 0 saturated heterocycles. The highest BCUT2D eigenvalue weighted by Gasteiger charge is 2.27. The van der Waals surface area contributed by atoms with E-state index in [-0.39, 0.29) is 0 Å². The van der Waals surface area contributed by atoms with E-state index in [2.05, 4.69) is 25.8 Å². The molecular weight excluding hydrogens is 292 g/mol. The van der Waals surface area contributed by atoms with Crippen molar-refractivity contribution in [1.82, 2.24) is 9.88 Å². The average molecular weight is 323 g/mol. The second-order valence-electron chi connectivity index (χ2n) is 7.10. The third-order valence-corrected chi connectivity index (χ3v) is 6.48. The maximum Gasteiger partial charge on any atom is 0.0900 e. The normalized spacial score (nSPS) is 28.8. The maximum absolute atomic E-state index is 6.20. The molecule has 1 aromatic rings. The molecule has 4 heteroatoms. The Kier molecular flexibility index (Phi) is 5.53. The van der Waals surface area contributed by atoms with E-state index in [1.165, 1.54) is 60.5 Å². The van der Waals surface area contributed by atoms with E-state index in [4.69, 9.17) is 9.72 Å². The number of aryl methyl sites for hydroxylation is 2. The Morgan fingerprint density at radius 3 is 2.86 bits per heavy atom. The van der Waals surface area contributed by atoms with Crippen LogP contribution in [0.5, 0.6) is 0 Å². The number of nitrogens with zero attached hydrogens (tertiary/aromatic N) is 2. The average Bonchev–Trinajstić information content (AvgIpc) is 2.89. The zero-order valence-electron chi connectivity index (χ0n) is 14.3. The molecule has 22 heavy (non-hydrogen) atoms. The number of fused-ring (bicyclic) bond motifs is 1. The van der Waals surface area contributed by atoms with Crippen LogP contribution in [0.2, 0.25) is 0 Å². The number of thiazole rings is 1. The monoisotopic (exact) mass is 322 g/mol. The van der Waals surface area contributed by atoms with Gasteiger partial charge in [-0.1, -0.05) is 19.8 Å². The Labute approximate surface area is 139 Å². The number of hydrogen-bond donors (Lipinski definition) is 0. The zero-order chi connectivity index (χ0) is 15.5. The largest absolute Gasteiger partial charge is 0.377 e. The predicted octanol–water partition coefficient (Wildman–Crippen LogP) is 4.36. The molecule has 2 aliphatic carbocycles. The van der Waals surface area contributed by atoms with Crippen LogP contribution in [0.25, 0.3) is 0 Å². The first-order valence-corrected chi connectivity index (χ1v) is 9.75. The van der Waals surface area contributed by atoms with Crippen molar-refractivity contribution in [2.75, 3.05) is 20.2 Å². The molecule has 0 spiro atoms. The van der Waals surface area contributed by atoms with Gasteiger partial charge in [0.2, 0.25) is 0 Å². The van der Waals surface area contributed by atoms with Gasteiger partial charge in [0.15, 0.2) is 0 Å². The molecular formula is C18H30N2OS. The molecule has 124 valence electrons. The van der Waals surface area contributed by atoms with Crippen molar-refractivity contribution in [2.45, 2.75) is 70.9 Å². The van der Waals surface area contributed by atoms with Crippen LogP contribution in [-0.4, -0.2) is 36.2 Å². The van der Waals surface area contributed by atoms with Crippen molar-refractivity contribution in [3.63, 3.8) is 0 Å². The Morgan fingerprint density at radius 2 is 2.05 bits per heavy atom. The van der Waals surface area contributed by atoms with Crippen LogP contribution in [0.1, 0.15) is 67.1 Å². The number of aromatic nitrogens is 1. The van der Waals surface area contributed by atoms with E-state index in [9.17, 15) is 0 Å². The van der Waals surface area contributed by atoms with Crippen molar-refractivity contribution in [1.29, 1.82) is 0 Å². The van der Waals surface area contributed by atoms with Gasteiger partial charge in [-0.25, -0.2) is 4.98 Å². The van der Waals surface area contributed by atoms with Gasteiger partial charge in [0.05, 0.1) is 23.4 Å². The molecule has 0 aromatic carbocycles. The topological polar surface area (TPSA) is 25.4 Å². The van der Waals surface area contributed by atoms with E-state index in [1.807, 2.05) is 11.3 Å². The minimum Gasteiger partial charge on any atom is -0.377 e. The van der Waals surface area contributed by atoms with Gasteiger partial charge in [0, 0.05) is 17.5 Å². The predicted molar refractivity (Wildman–Crippen MR) is 92.5 cm³/mol. The summed E-state index contributed by atoms with van der Waals surface area (Å²) in [4.78, 5) is 8.71. The van der Waals surface area contributed by atoms with Crippen LogP contribution in [-0.2, 0) is 11.2 Å². The molecule has 3 rings (SSSR count). The van der Waals surface area contributed by atoms with E-state index in [0.717, 1.165) is 19.1 Å². The highest BCUT2D eigenvalue weighted by molar-refractivity contribution is 7.11. The minimum absolute atomic E-state index is 0.495. The van der Waals surface area contributed by atoms with Crippen molar-refractivity contribution in [3.8, 4) is 0 Å². The van der Waals surface area contributed by atoms with Crippen molar-refractivity contribution < 1.29 is 4.74 Å². The summed E-state index contributed by atoms with van der Waals surface area (Å²) in [7, 11) is 2.25. The molecule has 0 N–H and O–H groups in total. The van der Waals surface area contributed by atoms with Crippen LogP contribution in [0.15, 0.2) is 0 Å². The molecule has 1 fully saturated rings. The van der Waals surface area contributed by atoms with E-state index in [1.54, 1.807) is 0 Å². The standard InChI is InChI=1S/C18H30N2OS/c1-13-7-4-5-10-17(13)21-12-11-20(3)16-9-6-8-15-18(16)22-14(2)19-15/h13,16-17H,4-12H2,1-3H3/t13-,16-,17+/m1/s1. The third kappa shape index (κ3) is 3.72. The summed E-state index contributed by atoms with van der Waals surface area (Å²) in [6.45, 7) is 6.38. The Hall–Kier alpha value is -0.450. The molecule has 0 bridgehead atoms. The highest BCUT2D eigenvalue weighted by Crippen LogP contribution is 2.37. The lowest BCUT2D eigenvalue weighted by atomic mass is 9.88. The quantitative estimate of drug-likeness (QED) is 0.805.